The summed E-state index contributed by atoms with van der Waals surface area (Å²) in [6.45, 7) is 2.38. The molecule has 1 aliphatic rings. The zero-order valence-electron chi connectivity index (χ0n) is 6.69. The van der Waals surface area contributed by atoms with Crippen molar-refractivity contribution >= 4 is 7.85 Å². The maximum Gasteiger partial charge on any atom is 0.101 e. The Morgan fingerprint density at radius 3 is 2.22 bits per heavy atom. The molecule has 1 heteroatoms. The number of hydrogen-bond donors (Lipinski definition) is 0. The van der Waals surface area contributed by atoms with E-state index in [0.29, 0.717) is 0 Å². The van der Waals surface area contributed by atoms with Crippen molar-refractivity contribution in [2.75, 3.05) is 0 Å². The van der Waals surface area contributed by atoms with Gasteiger partial charge in [0, 0.05) is 0 Å². The van der Waals surface area contributed by atoms with Crippen molar-refractivity contribution in [2.24, 2.45) is 11.8 Å². The molecular formula is C8H17B. The second-order valence-corrected chi connectivity index (χ2v) is 3.53. The minimum Gasteiger partial charge on any atom is -0.0783 e. The molecule has 0 saturated heterocycles. The van der Waals surface area contributed by atoms with E-state index in [1.54, 1.807) is 0 Å². The molecule has 0 aromatic carbocycles. The van der Waals surface area contributed by atoms with Gasteiger partial charge < -0.3 is 0 Å². The fraction of sp³-hybridized carbons (Fsp3) is 1.00. The zero-order valence-corrected chi connectivity index (χ0v) is 6.69. The van der Waals surface area contributed by atoms with Gasteiger partial charge in [0.05, 0.1) is 0 Å². The van der Waals surface area contributed by atoms with Crippen LogP contribution in [0.3, 0.4) is 0 Å². The van der Waals surface area contributed by atoms with Gasteiger partial charge in [-0.05, 0) is 11.8 Å². The van der Waals surface area contributed by atoms with Gasteiger partial charge in [-0.25, -0.2) is 0 Å². The molecule has 0 atom stereocenters. The molecule has 52 valence electrons. The first-order valence-electron chi connectivity index (χ1n) is 4.33. The van der Waals surface area contributed by atoms with Gasteiger partial charge in [0.2, 0.25) is 0 Å². The molecule has 0 unspecified atom stereocenters. The molecule has 1 fully saturated rings. The highest BCUT2D eigenvalue weighted by molar-refractivity contribution is 6.08. The molecule has 0 radical (unpaired) electrons. The van der Waals surface area contributed by atoms with Crippen molar-refractivity contribution in [3.8, 4) is 0 Å². The number of hydrogen-bond acceptors (Lipinski definition) is 0. The van der Waals surface area contributed by atoms with Crippen LogP contribution in [0.15, 0.2) is 0 Å². The Hall–Kier alpha value is 0.0649. The minimum atomic E-state index is 1.02. The van der Waals surface area contributed by atoms with E-state index < -0.39 is 0 Å². The lowest BCUT2D eigenvalue weighted by atomic mass is 9.77. The Morgan fingerprint density at radius 2 is 1.78 bits per heavy atom. The standard InChI is InChI=1S/C8H17B/c1-7-2-4-8(6-9)5-3-7/h7-8H,2-6,9H2,1H3. The predicted molar refractivity (Wildman–Crippen MR) is 44.5 cm³/mol. The molecule has 0 spiro atoms. The highest BCUT2D eigenvalue weighted by atomic mass is 14.2. The second-order valence-electron chi connectivity index (χ2n) is 3.53. The average Bonchev–Trinajstić information content (AvgIpc) is 1.90. The van der Waals surface area contributed by atoms with Crippen LogP contribution >= 0.6 is 0 Å². The van der Waals surface area contributed by atoms with Crippen LogP contribution in [0, 0.1) is 11.8 Å². The molecule has 1 rings (SSSR count). The van der Waals surface area contributed by atoms with Crippen LogP contribution in [0.4, 0.5) is 0 Å². The summed E-state index contributed by atoms with van der Waals surface area (Å²) in [5.74, 6) is 2.09. The van der Waals surface area contributed by atoms with Gasteiger partial charge in [0.25, 0.3) is 0 Å². The van der Waals surface area contributed by atoms with Crippen LogP contribution in [0.5, 0.6) is 0 Å². The molecule has 0 nitrogen and oxygen atoms in total. The Bertz CT molecular complexity index is 72.6. The summed E-state index contributed by atoms with van der Waals surface area (Å²) < 4.78 is 0. The predicted octanol–water partition coefficient (Wildman–Crippen LogP) is 1.86. The molecule has 0 aromatic rings. The molecule has 0 bridgehead atoms. The Balaban J connectivity index is 2.18. The van der Waals surface area contributed by atoms with E-state index in [0.717, 1.165) is 11.8 Å². The van der Waals surface area contributed by atoms with Crippen molar-refractivity contribution in [2.45, 2.75) is 38.9 Å². The van der Waals surface area contributed by atoms with Crippen molar-refractivity contribution in [3.63, 3.8) is 0 Å². The fourth-order valence-electron chi connectivity index (χ4n) is 1.74. The summed E-state index contributed by atoms with van der Waals surface area (Å²) in [4.78, 5) is 0. The Labute approximate surface area is 59.4 Å². The van der Waals surface area contributed by atoms with Crippen LogP contribution in [0.25, 0.3) is 0 Å². The molecule has 1 saturated carbocycles. The third-order valence-electron chi connectivity index (χ3n) is 2.71. The van der Waals surface area contributed by atoms with Gasteiger partial charge in [-0.1, -0.05) is 38.9 Å². The molecule has 0 aromatic heterocycles. The smallest absolute Gasteiger partial charge is 0.0783 e. The van der Waals surface area contributed by atoms with Crippen molar-refractivity contribution in [1.82, 2.24) is 0 Å². The highest BCUT2D eigenvalue weighted by Crippen LogP contribution is 2.29. The van der Waals surface area contributed by atoms with Crippen LogP contribution in [-0.4, -0.2) is 7.85 Å². The summed E-state index contributed by atoms with van der Waals surface area (Å²) in [5.41, 5.74) is 0. The molecule has 9 heavy (non-hydrogen) atoms. The fourth-order valence-corrected chi connectivity index (χ4v) is 1.74. The summed E-state index contributed by atoms with van der Waals surface area (Å²) in [6.07, 6.45) is 7.37. The van der Waals surface area contributed by atoms with Gasteiger partial charge in [-0.3, -0.25) is 0 Å². The van der Waals surface area contributed by atoms with Crippen molar-refractivity contribution < 1.29 is 0 Å². The molecule has 0 N–H and O–H groups in total. The van der Waals surface area contributed by atoms with Gasteiger partial charge in [-0.15, -0.1) is 0 Å². The van der Waals surface area contributed by atoms with E-state index in [1.165, 1.54) is 32.0 Å². The first-order valence-corrected chi connectivity index (χ1v) is 4.33. The quantitative estimate of drug-likeness (QED) is 0.468. The summed E-state index contributed by atoms with van der Waals surface area (Å²) in [6, 6.07) is 0. The van der Waals surface area contributed by atoms with Crippen molar-refractivity contribution in [1.29, 1.82) is 0 Å². The Morgan fingerprint density at radius 1 is 1.22 bits per heavy atom. The van der Waals surface area contributed by atoms with Gasteiger partial charge in [0.15, 0.2) is 0 Å². The lowest BCUT2D eigenvalue weighted by molar-refractivity contribution is 0.308. The van der Waals surface area contributed by atoms with E-state index in [9.17, 15) is 0 Å². The maximum absolute atomic E-state index is 2.38. The van der Waals surface area contributed by atoms with Crippen LogP contribution in [0.1, 0.15) is 32.6 Å². The average molecular weight is 124 g/mol. The molecular weight excluding hydrogens is 107 g/mol. The van der Waals surface area contributed by atoms with Gasteiger partial charge in [0.1, 0.15) is 7.85 Å². The van der Waals surface area contributed by atoms with E-state index in [-0.39, 0.29) is 0 Å². The third kappa shape index (κ3) is 2.04. The van der Waals surface area contributed by atoms with E-state index in [1.807, 2.05) is 0 Å². The summed E-state index contributed by atoms with van der Waals surface area (Å²) in [5, 5.41) is 0. The maximum atomic E-state index is 2.38. The van der Waals surface area contributed by atoms with E-state index in [2.05, 4.69) is 14.8 Å². The van der Waals surface area contributed by atoms with Gasteiger partial charge >= 0.3 is 0 Å². The van der Waals surface area contributed by atoms with Crippen LogP contribution < -0.4 is 0 Å². The zero-order chi connectivity index (χ0) is 6.69. The normalized spacial score (nSPS) is 36.6. The first kappa shape index (κ1) is 7.18. The van der Waals surface area contributed by atoms with E-state index >= 15 is 0 Å². The molecule has 0 amide bonds. The summed E-state index contributed by atoms with van der Waals surface area (Å²) >= 11 is 0. The third-order valence-corrected chi connectivity index (χ3v) is 2.71. The molecule has 0 aliphatic heterocycles. The van der Waals surface area contributed by atoms with Crippen molar-refractivity contribution in [3.05, 3.63) is 0 Å². The lowest BCUT2D eigenvalue weighted by Gasteiger charge is -2.24. The molecule has 0 heterocycles. The van der Waals surface area contributed by atoms with Crippen LogP contribution in [0.2, 0.25) is 6.32 Å². The summed E-state index contributed by atoms with van der Waals surface area (Å²) in [7, 11) is 2.32. The van der Waals surface area contributed by atoms with Crippen LogP contribution in [-0.2, 0) is 0 Å². The topological polar surface area (TPSA) is 0 Å². The number of rotatable bonds is 1. The largest absolute Gasteiger partial charge is 0.101 e. The first-order chi connectivity index (χ1) is 4.33. The lowest BCUT2D eigenvalue weighted by Crippen LogP contribution is -2.11. The SMILES string of the molecule is BCC1CCC(C)CC1. The highest BCUT2D eigenvalue weighted by Gasteiger charge is 2.15. The van der Waals surface area contributed by atoms with Gasteiger partial charge in [-0.2, -0.15) is 0 Å². The monoisotopic (exact) mass is 124 g/mol. The molecule has 1 aliphatic carbocycles. The minimum absolute atomic E-state index is 1.02. The second kappa shape index (κ2) is 3.29. The Kier molecular flexibility index (Phi) is 2.62. The van der Waals surface area contributed by atoms with E-state index in [4.69, 9.17) is 0 Å².